The smallest absolute Gasteiger partial charge is 0.0804 e. The Balaban J connectivity index is 3.78. The van der Waals surface area contributed by atoms with E-state index in [0.29, 0.717) is 12.8 Å². The van der Waals surface area contributed by atoms with E-state index < -0.39 is 12.2 Å². The van der Waals surface area contributed by atoms with Crippen LogP contribution in [0.1, 0.15) is 47.0 Å². The molecule has 0 aliphatic rings. The Bertz CT molecular complexity index is 115. The number of hydrogen-bond donors (Lipinski definition) is 2. The minimum absolute atomic E-state index is 0.0914. The van der Waals surface area contributed by atoms with Crippen LogP contribution in [0.2, 0.25) is 0 Å². The first-order chi connectivity index (χ1) is 5.37. The molecule has 0 saturated carbocycles. The van der Waals surface area contributed by atoms with Crippen LogP contribution in [0.4, 0.5) is 0 Å². The van der Waals surface area contributed by atoms with Crippen LogP contribution in [0.25, 0.3) is 0 Å². The van der Waals surface area contributed by atoms with E-state index >= 15 is 0 Å². The zero-order valence-electron chi connectivity index (χ0n) is 8.67. The molecule has 0 aromatic carbocycles. The molecule has 0 spiro atoms. The molecule has 0 aromatic rings. The molecule has 0 aliphatic heterocycles. The van der Waals surface area contributed by atoms with Crippen molar-refractivity contribution in [3.63, 3.8) is 0 Å². The van der Waals surface area contributed by atoms with Crippen molar-refractivity contribution in [2.75, 3.05) is 0 Å². The molecule has 2 unspecified atom stereocenters. The standard InChI is InChI=1S/C10H22O2/c1-5-6-8(11)9(12)7-10(2,3)4/h8-9,11-12H,5-7H2,1-4H3. The van der Waals surface area contributed by atoms with Gasteiger partial charge in [0.05, 0.1) is 12.2 Å². The number of aliphatic hydroxyl groups excluding tert-OH is 2. The van der Waals surface area contributed by atoms with Crippen LogP contribution in [0.15, 0.2) is 0 Å². The first-order valence-electron chi connectivity index (χ1n) is 4.73. The van der Waals surface area contributed by atoms with Crippen molar-refractivity contribution in [1.29, 1.82) is 0 Å². The maximum Gasteiger partial charge on any atom is 0.0804 e. The van der Waals surface area contributed by atoms with Gasteiger partial charge in [-0.1, -0.05) is 34.1 Å². The summed E-state index contributed by atoms with van der Waals surface area (Å²) in [5.41, 5.74) is 0.0914. The molecule has 0 rings (SSSR count). The predicted octanol–water partition coefficient (Wildman–Crippen LogP) is 1.94. The lowest BCUT2D eigenvalue weighted by Crippen LogP contribution is -2.29. The van der Waals surface area contributed by atoms with Crippen molar-refractivity contribution >= 4 is 0 Å². The Morgan fingerprint density at radius 2 is 1.58 bits per heavy atom. The normalized spacial score (nSPS) is 17.5. The molecule has 0 aliphatic carbocycles. The Hall–Kier alpha value is -0.0800. The van der Waals surface area contributed by atoms with Crippen LogP contribution in [0.3, 0.4) is 0 Å². The molecule has 0 radical (unpaired) electrons. The minimum atomic E-state index is -0.565. The van der Waals surface area contributed by atoms with Crippen molar-refractivity contribution in [3.8, 4) is 0 Å². The molecule has 0 fully saturated rings. The van der Waals surface area contributed by atoms with E-state index in [4.69, 9.17) is 0 Å². The highest BCUT2D eigenvalue weighted by atomic mass is 16.3. The zero-order chi connectivity index (χ0) is 9.78. The average Bonchev–Trinajstić information content (AvgIpc) is 1.84. The van der Waals surface area contributed by atoms with E-state index in [1.807, 2.05) is 6.92 Å². The Kier molecular flexibility index (Phi) is 4.80. The molecule has 2 nitrogen and oxygen atoms in total. The molecule has 2 atom stereocenters. The molecule has 74 valence electrons. The van der Waals surface area contributed by atoms with Gasteiger partial charge in [0.15, 0.2) is 0 Å². The van der Waals surface area contributed by atoms with Crippen LogP contribution >= 0.6 is 0 Å². The molecule has 0 amide bonds. The SMILES string of the molecule is CCCC(O)C(O)CC(C)(C)C. The molecule has 2 N–H and O–H groups in total. The van der Waals surface area contributed by atoms with Gasteiger partial charge in [0.2, 0.25) is 0 Å². The van der Waals surface area contributed by atoms with Gasteiger partial charge in [-0.05, 0) is 18.3 Å². The summed E-state index contributed by atoms with van der Waals surface area (Å²) in [7, 11) is 0. The highest BCUT2D eigenvalue weighted by Gasteiger charge is 2.21. The van der Waals surface area contributed by atoms with Gasteiger partial charge < -0.3 is 10.2 Å². The summed E-state index contributed by atoms with van der Waals surface area (Å²) >= 11 is 0. The molecule has 12 heavy (non-hydrogen) atoms. The van der Waals surface area contributed by atoms with E-state index in [1.54, 1.807) is 0 Å². The van der Waals surface area contributed by atoms with Gasteiger partial charge in [-0.2, -0.15) is 0 Å². The van der Waals surface area contributed by atoms with Crippen molar-refractivity contribution in [2.24, 2.45) is 5.41 Å². The third kappa shape index (κ3) is 5.56. The van der Waals surface area contributed by atoms with Crippen molar-refractivity contribution < 1.29 is 10.2 Å². The first kappa shape index (κ1) is 11.9. The monoisotopic (exact) mass is 174 g/mol. The Morgan fingerprint density at radius 3 is 1.92 bits per heavy atom. The summed E-state index contributed by atoms with van der Waals surface area (Å²) in [6.45, 7) is 8.20. The first-order valence-corrected chi connectivity index (χ1v) is 4.73. The fraction of sp³-hybridized carbons (Fsp3) is 1.00. The van der Waals surface area contributed by atoms with Crippen LogP contribution in [-0.4, -0.2) is 22.4 Å². The molecular weight excluding hydrogens is 152 g/mol. The summed E-state index contributed by atoms with van der Waals surface area (Å²) in [5, 5.41) is 19.0. The van der Waals surface area contributed by atoms with Gasteiger partial charge in [-0.15, -0.1) is 0 Å². The van der Waals surface area contributed by atoms with E-state index in [2.05, 4.69) is 20.8 Å². The number of aliphatic hydroxyl groups is 2. The fourth-order valence-electron chi connectivity index (χ4n) is 1.25. The van der Waals surface area contributed by atoms with Gasteiger partial charge in [-0.3, -0.25) is 0 Å². The van der Waals surface area contributed by atoms with Gasteiger partial charge in [0.25, 0.3) is 0 Å². The second-order valence-electron chi connectivity index (χ2n) is 4.69. The third-order valence-corrected chi connectivity index (χ3v) is 1.85. The molecular formula is C10H22O2. The second kappa shape index (κ2) is 4.83. The van der Waals surface area contributed by atoms with Gasteiger partial charge in [-0.25, -0.2) is 0 Å². The second-order valence-corrected chi connectivity index (χ2v) is 4.69. The van der Waals surface area contributed by atoms with Crippen LogP contribution < -0.4 is 0 Å². The van der Waals surface area contributed by atoms with Crippen LogP contribution in [0.5, 0.6) is 0 Å². The quantitative estimate of drug-likeness (QED) is 0.684. The summed E-state index contributed by atoms with van der Waals surface area (Å²) in [5.74, 6) is 0. The highest BCUT2D eigenvalue weighted by molar-refractivity contribution is 4.73. The number of rotatable bonds is 4. The topological polar surface area (TPSA) is 40.5 Å². The third-order valence-electron chi connectivity index (χ3n) is 1.85. The summed E-state index contributed by atoms with van der Waals surface area (Å²) in [4.78, 5) is 0. The Morgan fingerprint density at radius 1 is 1.08 bits per heavy atom. The van der Waals surface area contributed by atoms with Crippen molar-refractivity contribution in [3.05, 3.63) is 0 Å². The highest BCUT2D eigenvalue weighted by Crippen LogP contribution is 2.23. The fourth-order valence-corrected chi connectivity index (χ4v) is 1.25. The minimum Gasteiger partial charge on any atom is -0.390 e. The van der Waals surface area contributed by atoms with Gasteiger partial charge >= 0.3 is 0 Å². The van der Waals surface area contributed by atoms with Crippen molar-refractivity contribution in [2.45, 2.75) is 59.2 Å². The number of hydrogen-bond acceptors (Lipinski definition) is 2. The summed E-state index contributed by atoms with van der Waals surface area (Å²) in [6, 6.07) is 0. The molecule has 2 heteroatoms. The maximum absolute atomic E-state index is 9.53. The predicted molar refractivity (Wildman–Crippen MR) is 51.0 cm³/mol. The van der Waals surface area contributed by atoms with E-state index in [-0.39, 0.29) is 5.41 Å². The maximum atomic E-state index is 9.53. The lowest BCUT2D eigenvalue weighted by atomic mass is 9.87. The molecule has 0 saturated heterocycles. The summed E-state index contributed by atoms with van der Waals surface area (Å²) < 4.78 is 0. The van der Waals surface area contributed by atoms with Crippen molar-refractivity contribution in [1.82, 2.24) is 0 Å². The van der Waals surface area contributed by atoms with Crippen LogP contribution in [-0.2, 0) is 0 Å². The summed E-state index contributed by atoms with van der Waals surface area (Å²) in [6.07, 6.45) is 1.16. The lowest BCUT2D eigenvalue weighted by molar-refractivity contribution is -0.00801. The molecule has 0 bridgehead atoms. The van der Waals surface area contributed by atoms with Gasteiger partial charge in [0, 0.05) is 0 Å². The van der Waals surface area contributed by atoms with E-state index in [1.165, 1.54) is 0 Å². The lowest BCUT2D eigenvalue weighted by Gasteiger charge is -2.25. The van der Waals surface area contributed by atoms with Gasteiger partial charge in [0.1, 0.15) is 0 Å². The average molecular weight is 174 g/mol. The Labute approximate surface area is 75.6 Å². The largest absolute Gasteiger partial charge is 0.390 e. The van der Waals surface area contributed by atoms with Crippen LogP contribution in [0, 0.1) is 5.41 Å². The molecule has 0 aromatic heterocycles. The molecule has 0 heterocycles. The zero-order valence-corrected chi connectivity index (χ0v) is 8.67. The van der Waals surface area contributed by atoms with E-state index in [0.717, 1.165) is 6.42 Å². The van der Waals surface area contributed by atoms with E-state index in [9.17, 15) is 10.2 Å².